The van der Waals surface area contributed by atoms with E-state index in [4.69, 9.17) is 11.2 Å². The van der Waals surface area contributed by atoms with Crippen LogP contribution in [0.4, 0.5) is 0 Å². The van der Waals surface area contributed by atoms with Crippen LogP contribution in [-0.2, 0) is 31.9 Å². The average Bonchev–Trinajstić information content (AvgIpc) is 1.96. The van der Waals surface area contributed by atoms with Crippen molar-refractivity contribution in [3.8, 4) is 5.92 Å². The topological polar surface area (TPSA) is 26.3 Å². The van der Waals surface area contributed by atoms with Crippen LogP contribution in [0.1, 0.15) is 33.6 Å². The molecule has 0 heterocycles. The Hall–Kier alpha value is -0.230. The second kappa shape index (κ2) is 7.20. The normalized spacial score (nSPS) is 9.69. The summed E-state index contributed by atoms with van der Waals surface area (Å²) in [7, 11) is 0. The van der Waals surface area contributed by atoms with Crippen molar-refractivity contribution in [1.29, 1.82) is 0 Å². The van der Waals surface area contributed by atoms with Crippen LogP contribution in [-0.4, -0.2) is 12.6 Å². The van der Waals surface area contributed by atoms with E-state index in [0.717, 1.165) is 0 Å². The van der Waals surface area contributed by atoms with Crippen molar-refractivity contribution in [2.24, 2.45) is 5.41 Å². The van der Waals surface area contributed by atoms with E-state index in [2.05, 4.69) is 5.92 Å². The molecule has 0 fully saturated rings. The predicted octanol–water partition coefficient (Wildman–Crippen LogP) is 1.94. The SMILES string of the molecule is [Ag+].[C-]#CCCCOC(=O)C(C)(C)C. The minimum Gasteiger partial charge on any atom is -0.694 e. The molecule has 0 unspecified atom stereocenters. The van der Waals surface area contributed by atoms with Crippen LogP contribution in [0.5, 0.6) is 0 Å². The maximum atomic E-state index is 11.1. The van der Waals surface area contributed by atoms with Gasteiger partial charge in [0.25, 0.3) is 0 Å². The van der Waals surface area contributed by atoms with Crippen molar-refractivity contribution >= 4 is 5.97 Å². The molecule has 3 heteroatoms. The molecule has 0 saturated carbocycles. The van der Waals surface area contributed by atoms with E-state index in [0.29, 0.717) is 19.4 Å². The Morgan fingerprint density at radius 2 is 2.00 bits per heavy atom. The van der Waals surface area contributed by atoms with Gasteiger partial charge in [-0.25, -0.2) is 0 Å². The molecule has 0 aliphatic carbocycles. The Kier molecular flexibility index (Phi) is 8.45. The van der Waals surface area contributed by atoms with Crippen LogP contribution < -0.4 is 0 Å². The summed E-state index contributed by atoms with van der Waals surface area (Å²) in [5.41, 5.74) is -0.422. The molecule has 0 aromatic carbocycles. The molecule has 0 N–H and O–H groups in total. The molecule has 0 atom stereocenters. The van der Waals surface area contributed by atoms with E-state index in [1.165, 1.54) is 0 Å². The number of carbonyl (C=O) groups is 1. The fraction of sp³-hybridized carbons (Fsp3) is 0.700. The van der Waals surface area contributed by atoms with Gasteiger partial charge in [0.15, 0.2) is 0 Å². The zero-order chi connectivity index (χ0) is 9.61. The minimum absolute atomic E-state index is 0. The second-order valence-corrected chi connectivity index (χ2v) is 3.67. The van der Waals surface area contributed by atoms with Gasteiger partial charge < -0.3 is 17.1 Å². The van der Waals surface area contributed by atoms with Gasteiger partial charge in [-0.1, -0.05) is 0 Å². The Labute approximate surface area is 95.9 Å². The summed E-state index contributed by atoms with van der Waals surface area (Å²) >= 11 is 0. The minimum atomic E-state index is -0.422. The van der Waals surface area contributed by atoms with Gasteiger partial charge >= 0.3 is 28.3 Å². The molecule has 0 aliphatic heterocycles. The molecular weight excluding hydrogens is 260 g/mol. The Bertz CT molecular complexity index is 186. The van der Waals surface area contributed by atoms with Crippen LogP contribution in [0.2, 0.25) is 0 Å². The van der Waals surface area contributed by atoms with Crippen LogP contribution in [0.15, 0.2) is 0 Å². The predicted molar refractivity (Wildman–Crippen MR) is 46.8 cm³/mol. The number of rotatable bonds is 3. The third-order valence-electron chi connectivity index (χ3n) is 1.29. The molecule has 0 rings (SSSR count). The molecule has 2 nitrogen and oxygen atoms in total. The van der Waals surface area contributed by atoms with E-state index < -0.39 is 5.41 Å². The molecule has 78 valence electrons. The first kappa shape index (κ1) is 15.3. The van der Waals surface area contributed by atoms with Crippen LogP contribution >= 0.6 is 0 Å². The van der Waals surface area contributed by atoms with Crippen molar-refractivity contribution in [2.45, 2.75) is 33.6 Å². The molecule has 0 aromatic heterocycles. The molecule has 0 amide bonds. The molecule has 0 saturated heterocycles. The Morgan fingerprint density at radius 3 is 2.38 bits per heavy atom. The molecule has 13 heavy (non-hydrogen) atoms. The zero-order valence-electron chi connectivity index (χ0n) is 8.24. The molecule has 0 radical (unpaired) electrons. The first-order valence-corrected chi connectivity index (χ1v) is 4.05. The fourth-order valence-corrected chi connectivity index (χ4v) is 0.542. The van der Waals surface area contributed by atoms with Gasteiger partial charge in [-0.15, -0.1) is 0 Å². The third-order valence-corrected chi connectivity index (χ3v) is 1.29. The first-order valence-electron chi connectivity index (χ1n) is 4.05. The summed E-state index contributed by atoms with van der Waals surface area (Å²) in [4.78, 5) is 11.1. The summed E-state index contributed by atoms with van der Waals surface area (Å²) in [5, 5.41) is 0. The summed E-state index contributed by atoms with van der Waals surface area (Å²) in [6, 6.07) is 0. The van der Waals surface area contributed by atoms with E-state index in [9.17, 15) is 4.79 Å². The number of hydrogen-bond donors (Lipinski definition) is 0. The van der Waals surface area contributed by atoms with Crippen molar-refractivity contribution in [2.75, 3.05) is 6.61 Å². The van der Waals surface area contributed by atoms with Crippen molar-refractivity contribution in [3.63, 3.8) is 0 Å². The number of unbranched alkanes of at least 4 members (excludes halogenated alkanes) is 1. The number of ether oxygens (including phenoxy) is 1. The number of esters is 1. The third kappa shape index (κ3) is 8.11. The van der Waals surface area contributed by atoms with Gasteiger partial charge in [0.1, 0.15) is 0 Å². The average molecular weight is 275 g/mol. The number of carbonyl (C=O) groups excluding carboxylic acids is 1. The van der Waals surface area contributed by atoms with Gasteiger partial charge in [-0.3, -0.25) is 4.79 Å². The van der Waals surface area contributed by atoms with Gasteiger partial charge in [0.05, 0.1) is 12.0 Å². The standard InChI is InChI=1S/C10H15O2.Ag/c1-5-6-7-8-12-9(11)10(2,3)4;/h6-8H2,2-4H3;/q-1;+1. The maximum Gasteiger partial charge on any atom is 1.00 e. The molecule has 0 aromatic rings. The first-order chi connectivity index (χ1) is 5.48. The van der Waals surface area contributed by atoms with Gasteiger partial charge in [0, 0.05) is 0 Å². The Balaban J connectivity index is 0. The fourth-order valence-electron chi connectivity index (χ4n) is 0.542. The van der Waals surface area contributed by atoms with Crippen molar-refractivity contribution in [1.82, 2.24) is 0 Å². The van der Waals surface area contributed by atoms with Crippen molar-refractivity contribution < 1.29 is 31.9 Å². The zero-order valence-corrected chi connectivity index (χ0v) is 9.72. The van der Waals surface area contributed by atoms with Crippen molar-refractivity contribution in [3.05, 3.63) is 6.42 Å². The van der Waals surface area contributed by atoms with E-state index in [1.807, 2.05) is 20.8 Å². The second-order valence-electron chi connectivity index (χ2n) is 3.67. The smallest absolute Gasteiger partial charge is 0.694 e. The van der Waals surface area contributed by atoms with Gasteiger partial charge in [-0.2, -0.15) is 0 Å². The van der Waals surface area contributed by atoms with Crippen LogP contribution in [0.25, 0.3) is 0 Å². The molecule has 0 aliphatic rings. The largest absolute Gasteiger partial charge is 1.00 e. The summed E-state index contributed by atoms with van der Waals surface area (Å²) in [5.74, 6) is 2.05. The van der Waals surface area contributed by atoms with Gasteiger partial charge in [0.2, 0.25) is 0 Å². The summed E-state index contributed by atoms with van der Waals surface area (Å²) in [6.07, 6.45) is 7.86. The van der Waals surface area contributed by atoms with E-state index >= 15 is 0 Å². The monoisotopic (exact) mass is 274 g/mol. The molecule has 0 bridgehead atoms. The van der Waals surface area contributed by atoms with Crippen LogP contribution in [0.3, 0.4) is 0 Å². The van der Waals surface area contributed by atoms with E-state index in [-0.39, 0.29) is 28.3 Å². The van der Waals surface area contributed by atoms with E-state index in [1.54, 1.807) is 0 Å². The van der Waals surface area contributed by atoms with Crippen LogP contribution in [0, 0.1) is 17.8 Å². The van der Waals surface area contributed by atoms with Gasteiger partial charge in [-0.05, 0) is 33.6 Å². The summed E-state index contributed by atoms with van der Waals surface area (Å²) < 4.78 is 4.95. The number of hydrogen-bond acceptors (Lipinski definition) is 2. The quantitative estimate of drug-likeness (QED) is 0.259. The Morgan fingerprint density at radius 1 is 1.46 bits per heavy atom. The molecular formula is C10H15AgO2. The summed E-state index contributed by atoms with van der Waals surface area (Å²) in [6.45, 7) is 5.84. The maximum absolute atomic E-state index is 11.1. The molecule has 0 spiro atoms.